The van der Waals surface area contributed by atoms with Gasteiger partial charge in [0.05, 0.1) is 16.7 Å². The first-order valence-electron chi connectivity index (χ1n) is 4.16. The molecule has 2 aromatic rings. The second kappa shape index (κ2) is 3.43. The number of nitrogens with zero attached hydrogens (tertiary/aromatic N) is 2. The highest BCUT2D eigenvalue weighted by atomic mass is 35.7. The van der Waals surface area contributed by atoms with E-state index in [2.05, 4.69) is 9.97 Å². The van der Waals surface area contributed by atoms with E-state index in [9.17, 15) is 8.42 Å². The molecule has 78 valence electrons. The first kappa shape index (κ1) is 10.3. The molecule has 0 radical (unpaired) electrons. The van der Waals surface area contributed by atoms with Gasteiger partial charge in [0.1, 0.15) is 0 Å². The molecule has 15 heavy (non-hydrogen) atoms. The molecule has 0 spiro atoms. The van der Waals surface area contributed by atoms with Crippen molar-refractivity contribution in [1.29, 1.82) is 0 Å². The number of halogens is 1. The highest BCUT2D eigenvalue weighted by Crippen LogP contribution is 2.19. The van der Waals surface area contributed by atoms with Crippen LogP contribution >= 0.6 is 10.7 Å². The van der Waals surface area contributed by atoms with Crippen molar-refractivity contribution < 1.29 is 8.42 Å². The van der Waals surface area contributed by atoms with Crippen molar-refractivity contribution >= 4 is 30.8 Å². The second-order valence-corrected chi connectivity index (χ2v) is 5.52. The first-order chi connectivity index (χ1) is 6.98. The molecule has 1 aromatic carbocycles. The molecule has 0 fully saturated rings. The average molecular weight is 243 g/mol. The molecule has 2 rings (SSSR count). The van der Waals surface area contributed by atoms with Gasteiger partial charge in [0.15, 0.2) is 5.03 Å². The van der Waals surface area contributed by atoms with Crippen LogP contribution in [0.5, 0.6) is 0 Å². The Bertz CT molecular complexity index is 625. The van der Waals surface area contributed by atoms with Crippen molar-refractivity contribution in [2.75, 3.05) is 0 Å². The van der Waals surface area contributed by atoms with Crippen molar-refractivity contribution in [1.82, 2.24) is 9.97 Å². The van der Waals surface area contributed by atoms with E-state index in [0.29, 0.717) is 16.7 Å². The summed E-state index contributed by atoms with van der Waals surface area (Å²) in [6.45, 7) is 1.56. The Morgan fingerprint density at radius 3 is 2.20 bits per heavy atom. The molecule has 1 aromatic heterocycles. The van der Waals surface area contributed by atoms with E-state index >= 15 is 0 Å². The Balaban J connectivity index is 2.84. The first-order valence-corrected chi connectivity index (χ1v) is 6.47. The van der Waals surface area contributed by atoms with Crippen molar-refractivity contribution in [2.45, 2.75) is 11.9 Å². The summed E-state index contributed by atoms with van der Waals surface area (Å²) in [7, 11) is 1.41. The van der Waals surface area contributed by atoms with Crippen molar-refractivity contribution in [2.24, 2.45) is 0 Å². The third-order valence-corrected chi connectivity index (χ3v) is 3.22. The monoisotopic (exact) mass is 242 g/mol. The molecular weight excluding hydrogens is 236 g/mol. The molecule has 0 N–H and O–H groups in total. The fourth-order valence-electron chi connectivity index (χ4n) is 1.30. The number of aryl methyl sites for hydroxylation is 1. The van der Waals surface area contributed by atoms with Gasteiger partial charge in [0.2, 0.25) is 0 Å². The zero-order chi connectivity index (χ0) is 11.1. The second-order valence-electron chi connectivity index (χ2n) is 3.04. The zero-order valence-corrected chi connectivity index (χ0v) is 9.38. The summed E-state index contributed by atoms with van der Waals surface area (Å²) in [5.41, 5.74) is 1.48. The van der Waals surface area contributed by atoms with Crippen LogP contribution in [-0.2, 0) is 9.05 Å². The lowest BCUT2D eigenvalue weighted by Crippen LogP contribution is -2.01. The van der Waals surface area contributed by atoms with E-state index in [1.54, 1.807) is 25.1 Å². The summed E-state index contributed by atoms with van der Waals surface area (Å²) in [6, 6.07) is 7.02. The molecule has 1 heterocycles. The Hall–Kier alpha value is -1.20. The highest BCUT2D eigenvalue weighted by molar-refractivity contribution is 8.13. The average Bonchev–Trinajstić information content (AvgIpc) is 2.15. The predicted molar refractivity (Wildman–Crippen MR) is 57.3 cm³/mol. The molecule has 0 saturated carbocycles. The minimum absolute atomic E-state index is 0.178. The van der Waals surface area contributed by atoms with E-state index in [-0.39, 0.29) is 5.03 Å². The Kier molecular flexibility index (Phi) is 2.36. The minimum atomic E-state index is -3.83. The van der Waals surface area contributed by atoms with E-state index < -0.39 is 9.05 Å². The van der Waals surface area contributed by atoms with Crippen molar-refractivity contribution in [3.8, 4) is 0 Å². The molecule has 6 heteroatoms. The van der Waals surface area contributed by atoms with Crippen LogP contribution in [0.1, 0.15) is 5.69 Å². The number of para-hydroxylation sites is 2. The molecule has 0 atom stereocenters. The summed E-state index contributed by atoms with van der Waals surface area (Å²) in [5.74, 6) is 0. The molecule has 0 aliphatic carbocycles. The fourth-order valence-corrected chi connectivity index (χ4v) is 2.35. The number of benzene rings is 1. The van der Waals surface area contributed by atoms with Gasteiger partial charge in [-0.2, -0.15) is 0 Å². The summed E-state index contributed by atoms with van der Waals surface area (Å²) >= 11 is 0. The van der Waals surface area contributed by atoms with Crippen molar-refractivity contribution in [3.63, 3.8) is 0 Å². The number of rotatable bonds is 1. The fraction of sp³-hybridized carbons (Fsp3) is 0.111. The normalized spacial score (nSPS) is 11.9. The highest BCUT2D eigenvalue weighted by Gasteiger charge is 2.17. The summed E-state index contributed by atoms with van der Waals surface area (Å²) in [6.07, 6.45) is 0. The number of fused-ring (bicyclic) bond motifs is 1. The van der Waals surface area contributed by atoms with Gasteiger partial charge in [-0.1, -0.05) is 12.1 Å². The van der Waals surface area contributed by atoms with Gasteiger partial charge in [-0.05, 0) is 19.1 Å². The molecule has 0 unspecified atom stereocenters. The van der Waals surface area contributed by atoms with E-state index in [4.69, 9.17) is 10.7 Å². The van der Waals surface area contributed by atoms with E-state index in [1.807, 2.05) is 6.07 Å². The molecule has 0 aliphatic heterocycles. The maximum Gasteiger partial charge on any atom is 0.280 e. The Labute approximate surface area is 91.3 Å². The summed E-state index contributed by atoms with van der Waals surface area (Å²) in [4.78, 5) is 8.08. The Morgan fingerprint density at radius 2 is 1.67 bits per heavy atom. The van der Waals surface area contributed by atoms with Gasteiger partial charge in [-0.3, -0.25) is 0 Å². The molecule has 4 nitrogen and oxygen atoms in total. The van der Waals surface area contributed by atoms with E-state index in [1.165, 1.54) is 0 Å². The van der Waals surface area contributed by atoms with Crippen molar-refractivity contribution in [3.05, 3.63) is 30.0 Å². The maximum atomic E-state index is 11.2. The van der Waals surface area contributed by atoms with Crippen LogP contribution in [0.4, 0.5) is 0 Å². The van der Waals surface area contributed by atoms with Gasteiger partial charge in [-0.25, -0.2) is 18.4 Å². The van der Waals surface area contributed by atoms with Gasteiger partial charge in [-0.15, -0.1) is 0 Å². The number of aromatic nitrogens is 2. The summed E-state index contributed by atoms with van der Waals surface area (Å²) < 4.78 is 22.3. The van der Waals surface area contributed by atoms with Crippen LogP contribution < -0.4 is 0 Å². The Morgan fingerprint density at radius 1 is 1.13 bits per heavy atom. The largest absolute Gasteiger partial charge is 0.280 e. The van der Waals surface area contributed by atoms with Gasteiger partial charge in [0, 0.05) is 10.7 Å². The van der Waals surface area contributed by atoms with Crippen LogP contribution in [0, 0.1) is 6.92 Å². The third kappa shape index (κ3) is 1.93. The van der Waals surface area contributed by atoms with Crippen LogP contribution in [-0.4, -0.2) is 18.4 Å². The minimum Gasteiger partial charge on any atom is -0.248 e. The lowest BCUT2D eigenvalue weighted by Gasteiger charge is -2.02. The standard InChI is InChI=1S/C9H7ClN2O2S/c1-6-9(15(10,13)14)12-8-5-3-2-4-7(8)11-6/h2-5H,1H3. The maximum absolute atomic E-state index is 11.2. The smallest absolute Gasteiger partial charge is 0.248 e. The zero-order valence-electron chi connectivity index (χ0n) is 7.81. The van der Waals surface area contributed by atoms with Crippen LogP contribution in [0.25, 0.3) is 11.0 Å². The van der Waals surface area contributed by atoms with Crippen LogP contribution in [0.2, 0.25) is 0 Å². The molecule has 0 aliphatic rings. The number of hydrogen-bond donors (Lipinski definition) is 0. The van der Waals surface area contributed by atoms with E-state index in [0.717, 1.165) is 0 Å². The summed E-state index contributed by atoms with van der Waals surface area (Å²) in [5, 5.41) is -0.178. The molecule has 0 amide bonds. The van der Waals surface area contributed by atoms with Crippen LogP contribution in [0.15, 0.2) is 29.3 Å². The number of hydrogen-bond acceptors (Lipinski definition) is 4. The predicted octanol–water partition coefficient (Wildman–Crippen LogP) is 1.87. The molecule has 0 saturated heterocycles. The third-order valence-electron chi connectivity index (χ3n) is 1.93. The molecular formula is C9H7ClN2O2S. The topological polar surface area (TPSA) is 59.9 Å². The van der Waals surface area contributed by atoms with Gasteiger partial charge < -0.3 is 0 Å². The quantitative estimate of drug-likeness (QED) is 0.717. The lowest BCUT2D eigenvalue weighted by molar-refractivity contribution is 0.605. The van der Waals surface area contributed by atoms with Crippen LogP contribution in [0.3, 0.4) is 0 Å². The lowest BCUT2D eigenvalue weighted by atomic mass is 10.3. The van der Waals surface area contributed by atoms with Gasteiger partial charge in [0.25, 0.3) is 9.05 Å². The SMILES string of the molecule is Cc1nc2ccccc2nc1S(=O)(=O)Cl. The molecule has 0 bridgehead atoms. The van der Waals surface area contributed by atoms with Gasteiger partial charge >= 0.3 is 0 Å².